The Morgan fingerprint density at radius 2 is 1.88 bits per heavy atom. The predicted molar refractivity (Wildman–Crippen MR) is 120 cm³/mol. The normalized spacial score (nSPS) is 14.5. The van der Waals surface area contributed by atoms with Crippen LogP contribution in [0.3, 0.4) is 0 Å². The van der Waals surface area contributed by atoms with E-state index in [1.807, 2.05) is 11.0 Å². The Balaban J connectivity index is 1.62. The van der Waals surface area contributed by atoms with Gasteiger partial charge in [0.2, 0.25) is 0 Å². The van der Waals surface area contributed by atoms with Crippen molar-refractivity contribution in [2.45, 2.75) is 31.8 Å². The lowest BCUT2D eigenvalue weighted by atomic mass is 10.1. The number of furan rings is 1. The first kappa shape index (κ1) is 23.7. The van der Waals surface area contributed by atoms with E-state index >= 15 is 0 Å². The van der Waals surface area contributed by atoms with E-state index < -0.39 is 11.9 Å². The predicted octanol–water partition coefficient (Wildman–Crippen LogP) is 3.74. The van der Waals surface area contributed by atoms with Crippen molar-refractivity contribution in [3.05, 3.63) is 41.7 Å². The van der Waals surface area contributed by atoms with Crippen LogP contribution < -0.4 is 14.4 Å². The van der Waals surface area contributed by atoms with Crippen molar-refractivity contribution in [1.82, 2.24) is 0 Å². The first-order valence-corrected chi connectivity index (χ1v) is 10.5. The standard InChI is InChI=1S/C24H26N2O7/c1-30-20-5-3-16(14-21(20)31-2)17(15-25)13-19-4-6-22(32-19)26-11-9-18(10-12-26)33-24(29)8-7-23(27)28/h3-6,13-14,18H,7-12H2,1-2H3,(H,27,28)/b17-13+. The highest BCUT2D eigenvalue weighted by Gasteiger charge is 2.24. The zero-order valence-corrected chi connectivity index (χ0v) is 18.6. The summed E-state index contributed by atoms with van der Waals surface area (Å²) in [5.74, 6) is 0.813. The summed E-state index contributed by atoms with van der Waals surface area (Å²) in [7, 11) is 3.09. The van der Waals surface area contributed by atoms with Crippen molar-refractivity contribution in [2.75, 3.05) is 32.2 Å². The summed E-state index contributed by atoms with van der Waals surface area (Å²) in [5, 5.41) is 18.3. The second-order valence-electron chi connectivity index (χ2n) is 7.49. The summed E-state index contributed by atoms with van der Waals surface area (Å²) < 4.78 is 21.8. The summed E-state index contributed by atoms with van der Waals surface area (Å²) in [4.78, 5) is 24.3. The molecule has 2 heterocycles. The van der Waals surface area contributed by atoms with E-state index in [-0.39, 0.29) is 18.9 Å². The lowest BCUT2D eigenvalue weighted by Crippen LogP contribution is -2.37. The highest BCUT2D eigenvalue weighted by molar-refractivity contribution is 5.89. The third-order valence-electron chi connectivity index (χ3n) is 5.31. The first-order valence-electron chi connectivity index (χ1n) is 10.5. The van der Waals surface area contributed by atoms with Gasteiger partial charge in [-0.15, -0.1) is 0 Å². The summed E-state index contributed by atoms with van der Waals surface area (Å²) in [5.41, 5.74) is 1.10. The first-order chi connectivity index (χ1) is 15.9. The molecule has 1 N–H and O–H groups in total. The Kier molecular flexibility index (Phi) is 7.97. The molecule has 0 unspecified atom stereocenters. The molecule has 3 rings (SSSR count). The van der Waals surface area contributed by atoms with Gasteiger partial charge in [-0.1, -0.05) is 0 Å². The molecule has 1 aromatic heterocycles. The van der Waals surface area contributed by atoms with Crippen LogP contribution >= 0.6 is 0 Å². The van der Waals surface area contributed by atoms with Gasteiger partial charge in [0.1, 0.15) is 11.9 Å². The van der Waals surface area contributed by atoms with E-state index in [0.717, 1.165) is 0 Å². The highest BCUT2D eigenvalue weighted by Crippen LogP contribution is 2.32. The zero-order valence-electron chi connectivity index (χ0n) is 18.6. The second kappa shape index (κ2) is 11.1. The summed E-state index contributed by atoms with van der Waals surface area (Å²) in [6.45, 7) is 1.27. The minimum absolute atomic E-state index is 0.120. The van der Waals surface area contributed by atoms with Crippen LogP contribution in [-0.2, 0) is 14.3 Å². The van der Waals surface area contributed by atoms with Gasteiger partial charge in [0, 0.05) is 32.0 Å². The molecule has 1 aliphatic heterocycles. The molecule has 0 amide bonds. The number of carboxylic acids is 1. The van der Waals surface area contributed by atoms with Gasteiger partial charge in [-0.2, -0.15) is 5.26 Å². The molecule has 0 spiro atoms. The number of aliphatic carboxylic acids is 1. The molecule has 1 fully saturated rings. The lowest BCUT2D eigenvalue weighted by molar-refractivity contribution is -0.152. The number of anilines is 1. The van der Waals surface area contributed by atoms with Crippen molar-refractivity contribution >= 4 is 29.5 Å². The van der Waals surface area contributed by atoms with Gasteiger partial charge in [-0.3, -0.25) is 9.59 Å². The number of piperidine rings is 1. The van der Waals surface area contributed by atoms with Crippen molar-refractivity contribution < 1.29 is 33.3 Å². The number of esters is 1. The number of nitrogens with zero attached hydrogens (tertiary/aromatic N) is 2. The largest absolute Gasteiger partial charge is 0.493 e. The van der Waals surface area contributed by atoms with E-state index in [2.05, 4.69) is 6.07 Å². The molecule has 9 nitrogen and oxygen atoms in total. The molecule has 1 aromatic carbocycles. The second-order valence-corrected chi connectivity index (χ2v) is 7.49. The molecule has 0 bridgehead atoms. The van der Waals surface area contributed by atoms with Crippen molar-refractivity contribution in [3.8, 4) is 17.6 Å². The number of hydrogen-bond donors (Lipinski definition) is 1. The number of rotatable bonds is 9. The Hall–Kier alpha value is -3.93. The average molecular weight is 454 g/mol. The number of carbonyl (C=O) groups excluding carboxylic acids is 1. The van der Waals surface area contributed by atoms with Gasteiger partial charge in [0.05, 0.1) is 38.7 Å². The smallest absolute Gasteiger partial charge is 0.306 e. The van der Waals surface area contributed by atoms with Crippen molar-refractivity contribution in [1.29, 1.82) is 5.26 Å². The number of carbonyl (C=O) groups is 2. The third-order valence-corrected chi connectivity index (χ3v) is 5.31. The topological polar surface area (TPSA) is 122 Å². The summed E-state index contributed by atoms with van der Waals surface area (Å²) in [6, 6.07) is 11.1. The van der Waals surface area contributed by atoms with Gasteiger partial charge < -0.3 is 28.6 Å². The molecule has 9 heteroatoms. The average Bonchev–Trinajstić information content (AvgIpc) is 3.30. The maximum Gasteiger partial charge on any atom is 0.306 e. The minimum Gasteiger partial charge on any atom is -0.493 e. The van der Waals surface area contributed by atoms with Crippen LogP contribution in [-0.4, -0.2) is 50.5 Å². The van der Waals surface area contributed by atoms with Crippen LogP contribution in [0.2, 0.25) is 0 Å². The maximum atomic E-state index is 11.7. The summed E-state index contributed by atoms with van der Waals surface area (Å²) >= 11 is 0. The fourth-order valence-electron chi connectivity index (χ4n) is 3.56. The van der Waals surface area contributed by atoms with E-state index in [4.69, 9.17) is 23.7 Å². The molecule has 0 aliphatic carbocycles. The molecular weight excluding hydrogens is 428 g/mol. The molecule has 174 valence electrons. The molecule has 1 saturated heterocycles. The van der Waals surface area contributed by atoms with Crippen LogP contribution in [0.5, 0.6) is 11.5 Å². The maximum absolute atomic E-state index is 11.7. The van der Waals surface area contributed by atoms with Gasteiger partial charge in [0.25, 0.3) is 0 Å². The molecule has 0 atom stereocenters. The number of benzene rings is 1. The molecule has 2 aromatic rings. The fraction of sp³-hybridized carbons (Fsp3) is 0.375. The molecule has 1 aliphatic rings. The van der Waals surface area contributed by atoms with Gasteiger partial charge >= 0.3 is 11.9 Å². The van der Waals surface area contributed by atoms with Gasteiger partial charge in [0.15, 0.2) is 17.4 Å². The number of ether oxygens (including phenoxy) is 3. The van der Waals surface area contributed by atoms with Crippen LogP contribution in [0, 0.1) is 11.3 Å². The fourth-order valence-corrected chi connectivity index (χ4v) is 3.56. The lowest BCUT2D eigenvalue weighted by Gasteiger charge is -2.31. The minimum atomic E-state index is -1.02. The quantitative estimate of drug-likeness (QED) is 0.446. The van der Waals surface area contributed by atoms with Crippen LogP contribution in [0.25, 0.3) is 11.6 Å². The summed E-state index contributed by atoms with van der Waals surface area (Å²) in [6.07, 6.45) is 2.34. The molecular formula is C24H26N2O7. The third kappa shape index (κ3) is 6.29. The number of allylic oxidation sites excluding steroid dienone is 1. The van der Waals surface area contributed by atoms with E-state index in [9.17, 15) is 14.9 Å². The van der Waals surface area contributed by atoms with E-state index in [1.165, 1.54) is 7.11 Å². The van der Waals surface area contributed by atoms with Gasteiger partial charge in [-0.25, -0.2) is 0 Å². The Morgan fingerprint density at radius 1 is 1.15 bits per heavy atom. The van der Waals surface area contributed by atoms with E-state index in [0.29, 0.717) is 60.2 Å². The van der Waals surface area contributed by atoms with Crippen LogP contribution in [0.4, 0.5) is 5.88 Å². The van der Waals surface area contributed by atoms with E-state index in [1.54, 1.807) is 37.5 Å². The monoisotopic (exact) mass is 454 g/mol. The molecule has 33 heavy (non-hydrogen) atoms. The molecule has 0 radical (unpaired) electrons. The highest BCUT2D eigenvalue weighted by atomic mass is 16.5. The Morgan fingerprint density at radius 3 is 2.52 bits per heavy atom. The van der Waals surface area contributed by atoms with Crippen molar-refractivity contribution in [3.63, 3.8) is 0 Å². The van der Waals surface area contributed by atoms with Crippen LogP contribution in [0.1, 0.15) is 37.0 Å². The number of hydrogen-bond acceptors (Lipinski definition) is 8. The number of carboxylic acid groups (broad SMARTS) is 1. The van der Waals surface area contributed by atoms with Gasteiger partial charge in [-0.05, 0) is 35.9 Å². The number of methoxy groups -OCH3 is 2. The zero-order chi connectivity index (χ0) is 23.8. The SMILES string of the molecule is COc1ccc(/C(C#N)=C/c2ccc(N3CCC(OC(=O)CCC(=O)O)CC3)o2)cc1OC. The Labute approximate surface area is 191 Å². The molecule has 0 saturated carbocycles. The van der Waals surface area contributed by atoms with Crippen molar-refractivity contribution in [2.24, 2.45) is 0 Å². The number of nitriles is 1. The van der Waals surface area contributed by atoms with Crippen LogP contribution in [0.15, 0.2) is 34.7 Å². The Bertz CT molecular complexity index is 1060.